The number of rotatable bonds is 8. The minimum atomic E-state index is 0.0429. The van der Waals surface area contributed by atoms with E-state index in [1.807, 2.05) is 54.3 Å². The predicted molar refractivity (Wildman–Crippen MR) is 105 cm³/mol. The van der Waals surface area contributed by atoms with E-state index in [0.29, 0.717) is 19.1 Å². The molecule has 0 bridgehead atoms. The van der Waals surface area contributed by atoms with Crippen LogP contribution in [-0.2, 0) is 16.1 Å². The Balaban J connectivity index is 1.51. The average molecular weight is 366 g/mol. The molecule has 0 saturated carbocycles. The molecule has 1 atom stereocenters. The molecule has 5 heteroatoms. The normalized spacial score (nSPS) is 16.6. The molecule has 2 aromatic rings. The van der Waals surface area contributed by atoms with Crippen molar-refractivity contribution in [3.63, 3.8) is 0 Å². The number of aromatic nitrogens is 1. The highest BCUT2D eigenvalue weighted by molar-refractivity contribution is 5.91. The summed E-state index contributed by atoms with van der Waals surface area (Å²) >= 11 is 0. The number of carbonyl (C=O) groups excluding carboxylic acids is 1. The van der Waals surface area contributed by atoms with Gasteiger partial charge in [0.2, 0.25) is 5.91 Å². The van der Waals surface area contributed by atoms with Gasteiger partial charge < -0.3 is 14.4 Å². The monoisotopic (exact) mass is 366 g/mol. The van der Waals surface area contributed by atoms with Crippen LogP contribution in [0.5, 0.6) is 5.75 Å². The fourth-order valence-electron chi connectivity index (χ4n) is 3.01. The summed E-state index contributed by atoms with van der Waals surface area (Å²) in [5.74, 6) is 1.29. The Morgan fingerprint density at radius 1 is 1.33 bits per heavy atom. The molecular formula is C22H26N2O3. The number of ether oxygens (including phenoxy) is 2. The fraction of sp³-hybridized carbons (Fsp3) is 0.364. The zero-order valence-corrected chi connectivity index (χ0v) is 15.7. The fourth-order valence-corrected chi connectivity index (χ4v) is 3.01. The summed E-state index contributed by atoms with van der Waals surface area (Å²) in [4.78, 5) is 18.4. The van der Waals surface area contributed by atoms with Gasteiger partial charge in [-0.2, -0.15) is 0 Å². The molecule has 0 N–H and O–H groups in total. The van der Waals surface area contributed by atoms with Gasteiger partial charge in [-0.15, -0.1) is 0 Å². The first-order valence-electron chi connectivity index (χ1n) is 9.41. The Morgan fingerprint density at radius 2 is 2.19 bits per heavy atom. The second kappa shape index (κ2) is 9.88. The van der Waals surface area contributed by atoms with Gasteiger partial charge in [0.05, 0.1) is 6.61 Å². The van der Waals surface area contributed by atoms with E-state index < -0.39 is 0 Å². The summed E-state index contributed by atoms with van der Waals surface area (Å²) in [6.07, 6.45) is 8.06. The number of nitrogens with zero attached hydrogens (tertiary/aromatic N) is 2. The van der Waals surface area contributed by atoms with Gasteiger partial charge in [0.25, 0.3) is 0 Å². The zero-order valence-electron chi connectivity index (χ0n) is 15.7. The summed E-state index contributed by atoms with van der Waals surface area (Å²) in [6, 6.07) is 11.6. The second-order valence-electron chi connectivity index (χ2n) is 6.66. The van der Waals surface area contributed by atoms with Crippen LogP contribution in [0.1, 0.15) is 24.5 Å². The minimum Gasteiger partial charge on any atom is -0.489 e. The maximum Gasteiger partial charge on any atom is 0.246 e. The van der Waals surface area contributed by atoms with E-state index in [9.17, 15) is 4.79 Å². The van der Waals surface area contributed by atoms with Gasteiger partial charge in [0.1, 0.15) is 12.4 Å². The molecular weight excluding hydrogens is 340 g/mol. The Morgan fingerprint density at radius 3 is 2.85 bits per heavy atom. The molecule has 1 aliphatic rings. The number of hydrogen-bond acceptors (Lipinski definition) is 4. The van der Waals surface area contributed by atoms with E-state index in [0.717, 1.165) is 43.1 Å². The van der Waals surface area contributed by atoms with Crippen LogP contribution in [0.2, 0.25) is 0 Å². The minimum absolute atomic E-state index is 0.0429. The van der Waals surface area contributed by atoms with Crippen LogP contribution in [-0.4, -0.2) is 42.1 Å². The van der Waals surface area contributed by atoms with Gasteiger partial charge in [-0.3, -0.25) is 9.78 Å². The number of amides is 1. The lowest BCUT2D eigenvalue weighted by Crippen LogP contribution is -2.34. The van der Waals surface area contributed by atoms with Crippen molar-refractivity contribution in [1.29, 1.82) is 0 Å². The van der Waals surface area contributed by atoms with Gasteiger partial charge in [-0.1, -0.05) is 18.2 Å². The van der Waals surface area contributed by atoms with Crippen LogP contribution in [0.4, 0.5) is 0 Å². The lowest BCUT2D eigenvalue weighted by atomic mass is 10.1. The molecule has 142 valence electrons. The topological polar surface area (TPSA) is 51.7 Å². The molecule has 0 radical (unpaired) electrons. The van der Waals surface area contributed by atoms with Crippen molar-refractivity contribution in [1.82, 2.24) is 9.88 Å². The number of carbonyl (C=O) groups is 1. The number of likely N-dealkylation sites (N-methyl/N-ethyl adjacent to an activating group) is 1. The summed E-state index contributed by atoms with van der Waals surface area (Å²) in [7, 11) is 0. The maximum atomic E-state index is 12.4. The van der Waals surface area contributed by atoms with Gasteiger partial charge in [-0.25, -0.2) is 0 Å². The highest BCUT2D eigenvalue weighted by atomic mass is 16.5. The summed E-state index contributed by atoms with van der Waals surface area (Å²) in [5.41, 5.74) is 2.00. The highest BCUT2D eigenvalue weighted by Crippen LogP contribution is 2.16. The smallest absolute Gasteiger partial charge is 0.246 e. The maximum absolute atomic E-state index is 12.4. The standard InChI is InChI=1S/C22H26N2O3/c1-2-24(15-20-11-13-26-16-20)22(25)10-7-18-5-8-21(9-6-18)27-17-19-4-3-12-23-14-19/h3-10,12,14,20H,2,11,13,15-17H2,1H3/b10-7+. The van der Waals surface area contributed by atoms with E-state index in [2.05, 4.69) is 4.98 Å². The van der Waals surface area contributed by atoms with Crippen LogP contribution in [0.3, 0.4) is 0 Å². The molecule has 1 amide bonds. The lowest BCUT2D eigenvalue weighted by Gasteiger charge is -2.22. The van der Waals surface area contributed by atoms with Crippen LogP contribution in [0.25, 0.3) is 6.08 Å². The van der Waals surface area contributed by atoms with Crippen molar-refractivity contribution in [2.75, 3.05) is 26.3 Å². The van der Waals surface area contributed by atoms with E-state index in [1.54, 1.807) is 18.5 Å². The van der Waals surface area contributed by atoms with Crippen LogP contribution in [0.15, 0.2) is 54.9 Å². The van der Waals surface area contributed by atoms with Crippen LogP contribution >= 0.6 is 0 Å². The van der Waals surface area contributed by atoms with Gasteiger partial charge >= 0.3 is 0 Å². The molecule has 2 heterocycles. The quantitative estimate of drug-likeness (QED) is 0.671. The first kappa shape index (κ1) is 19.1. The molecule has 1 aromatic carbocycles. The molecule has 5 nitrogen and oxygen atoms in total. The van der Waals surface area contributed by atoms with Crippen molar-refractivity contribution < 1.29 is 14.3 Å². The Kier molecular flexibility index (Phi) is 6.99. The number of benzene rings is 1. The summed E-state index contributed by atoms with van der Waals surface area (Å²) in [5, 5.41) is 0. The van der Waals surface area contributed by atoms with Gasteiger partial charge in [0.15, 0.2) is 0 Å². The summed E-state index contributed by atoms with van der Waals surface area (Å²) < 4.78 is 11.2. The summed E-state index contributed by atoms with van der Waals surface area (Å²) in [6.45, 7) is 5.53. The van der Waals surface area contributed by atoms with Crippen molar-refractivity contribution in [2.45, 2.75) is 20.0 Å². The molecule has 1 unspecified atom stereocenters. The average Bonchev–Trinajstić information content (AvgIpc) is 3.23. The van der Waals surface area contributed by atoms with Crippen molar-refractivity contribution in [3.05, 3.63) is 66.0 Å². The Hall–Kier alpha value is -2.66. The molecule has 1 aromatic heterocycles. The Labute approximate surface area is 160 Å². The first-order chi connectivity index (χ1) is 13.2. The number of pyridine rings is 1. The van der Waals surface area contributed by atoms with Crippen LogP contribution in [0, 0.1) is 5.92 Å². The van der Waals surface area contributed by atoms with E-state index >= 15 is 0 Å². The third-order valence-electron chi connectivity index (χ3n) is 4.62. The third kappa shape index (κ3) is 5.93. The van der Waals surface area contributed by atoms with Crippen LogP contribution < -0.4 is 4.74 Å². The van der Waals surface area contributed by atoms with Crippen molar-refractivity contribution in [3.8, 4) is 5.75 Å². The molecule has 1 saturated heterocycles. The van der Waals surface area contributed by atoms with E-state index in [-0.39, 0.29) is 5.91 Å². The van der Waals surface area contributed by atoms with E-state index in [4.69, 9.17) is 9.47 Å². The zero-order chi connectivity index (χ0) is 18.9. The molecule has 3 rings (SSSR count). The SMILES string of the molecule is CCN(CC1CCOC1)C(=O)/C=C/c1ccc(OCc2cccnc2)cc1. The van der Waals surface area contributed by atoms with Gasteiger partial charge in [-0.05, 0) is 43.2 Å². The van der Waals surface area contributed by atoms with E-state index in [1.165, 1.54) is 0 Å². The molecule has 0 aliphatic carbocycles. The molecule has 27 heavy (non-hydrogen) atoms. The Bertz CT molecular complexity index is 738. The van der Waals surface area contributed by atoms with Crippen molar-refractivity contribution in [2.24, 2.45) is 5.92 Å². The third-order valence-corrected chi connectivity index (χ3v) is 4.62. The largest absolute Gasteiger partial charge is 0.489 e. The molecule has 0 spiro atoms. The predicted octanol–water partition coefficient (Wildman–Crippen LogP) is 3.56. The second-order valence-corrected chi connectivity index (χ2v) is 6.66. The first-order valence-corrected chi connectivity index (χ1v) is 9.41. The van der Waals surface area contributed by atoms with Crippen molar-refractivity contribution >= 4 is 12.0 Å². The van der Waals surface area contributed by atoms with Gasteiger partial charge in [0, 0.05) is 49.6 Å². The lowest BCUT2D eigenvalue weighted by molar-refractivity contribution is -0.126. The molecule has 1 fully saturated rings. The number of hydrogen-bond donors (Lipinski definition) is 0. The molecule has 1 aliphatic heterocycles. The highest BCUT2D eigenvalue weighted by Gasteiger charge is 2.20.